The van der Waals surface area contributed by atoms with Crippen LogP contribution in [0.3, 0.4) is 0 Å². The largest absolute Gasteiger partial charge is 0.494 e. The Hall–Kier alpha value is -4.48. The van der Waals surface area contributed by atoms with E-state index >= 15 is 0 Å². The number of aryl methyl sites for hydroxylation is 4. The summed E-state index contributed by atoms with van der Waals surface area (Å²) in [7, 11) is 1.27. The van der Waals surface area contributed by atoms with Gasteiger partial charge in [0.15, 0.2) is 0 Å². The summed E-state index contributed by atoms with van der Waals surface area (Å²) < 4.78 is 20.4. The van der Waals surface area contributed by atoms with E-state index < -0.39 is 12.0 Å². The van der Waals surface area contributed by atoms with Crippen molar-refractivity contribution in [1.29, 1.82) is 0 Å². The van der Waals surface area contributed by atoms with Gasteiger partial charge in [-0.15, -0.1) is 0 Å². The van der Waals surface area contributed by atoms with E-state index in [1.165, 1.54) is 7.11 Å². The molecule has 0 fully saturated rings. The molecule has 2 heterocycles. The molecule has 0 aliphatic rings. The van der Waals surface area contributed by atoms with Crippen LogP contribution < -0.4 is 20.3 Å². The van der Waals surface area contributed by atoms with Gasteiger partial charge in [0, 0.05) is 30.1 Å². The number of carbonyl (C=O) groups is 2. The molecule has 0 saturated heterocycles. The van der Waals surface area contributed by atoms with E-state index in [0.29, 0.717) is 71.7 Å². The first kappa shape index (κ1) is 33.9. The number of fused-ring (bicyclic) bond motifs is 1. The average Bonchev–Trinajstić information content (AvgIpc) is 3.62. The average molecular weight is 679 g/mol. The lowest BCUT2D eigenvalue weighted by molar-refractivity contribution is 0.0995. The van der Waals surface area contributed by atoms with Crippen molar-refractivity contribution in [2.45, 2.75) is 45.9 Å². The number of hydrogen-bond donors (Lipinski definition) is 3. The maximum atomic E-state index is 13.3. The lowest BCUT2D eigenvalue weighted by Crippen LogP contribution is -2.20. The number of primary amides is 1. The normalized spacial score (nSPS) is 12.1. The van der Waals surface area contributed by atoms with Gasteiger partial charge in [-0.05, 0) is 73.9 Å². The van der Waals surface area contributed by atoms with Gasteiger partial charge in [-0.2, -0.15) is 5.10 Å². The zero-order chi connectivity index (χ0) is 33.5. The van der Waals surface area contributed by atoms with Crippen LogP contribution in [0.2, 0.25) is 5.02 Å². The molecule has 5 aromatic rings. The van der Waals surface area contributed by atoms with E-state index in [2.05, 4.69) is 15.4 Å². The fourth-order valence-corrected chi connectivity index (χ4v) is 5.80. The summed E-state index contributed by atoms with van der Waals surface area (Å²) in [6, 6.07) is 19.6. The number of hydrogen-bond acceptors (Lipinski definition) is 8. The number of aliphatic hydroxyl groups excluding tert-OH is 1. The van der Waals surface area contributed by atoms with Crippen LogP contribution in [0, 0.1) is 6.92 Å². The number of nitrogens with zero attached hydrogens (tertiary/aromatic N) is 4. The highest BCUT2D eigenvalue weighted by Crippen LogP contribution is 2.32. The molecule has 12 nitrogen and oxygen atoms in total. The Bertz CT molecular complexity index is 1880. The lowest BCUT2D eigenvalue weighted by Gasteiger charge is -2.13. The highest BCUT2D eigenvalue weighted by atomic mass is 35.5. The van der Waals surface area contributed by atoms with Crippen molar-refractivity contribution in [2.75, 3.05) is 19.0 Å². The second-order valence-corrected chi connectivity index (χ2v) is 11.8. The number of anilines is 1. The van der Waals surface area contributed by atoms with Crippen molar-refractivity contribution >= 4 is 49.4 Å². The van der Waals surface area contributed by atoms with Crippen LogP contribution >= 0.6 is 20.6 Å². The third-order valence-corrected chi connectivity index (χ3v) is 8.34. The molecule has 2 amide bonds. The number of nitrogens with two attached hydrogens (primary N) is 1. The van der Waals surface area contributed by atoms with Gasteiger partial charge in [-0.3, -0.25) is 19.6 Å². The van der Waals surface area contributed by atoms with E-state index in [0.717, 1.165) is 16.8 Å². The van der Waals surface area contributed by atoms with Gasteiger partial charge >= 0.3 is 0 Å². The van der Waals surface area contributed by atoms with Crippen molar-refractivity contribution in [3.8, 4) is 11.5 Å². The number of nitrogens with one attached hydrogen (secondary N) is 1. The molecule has 0 spiro atoms. The van der Waals surface area contributed by atoms with E-state index in [9.17, 15) is 14.7 Å². The molecular weight excluding hydrogens is 643 g/mol. The molecule has 0 saturated carbocycles. The standard InChI is InChI=1S/C33H36ClN6O6P/c1-4-40-27(16-20(2)38-40)32(43)37-33-36-26-18-23(31(35)42)19-29(44-3)30(26)39(33)14-12-21-8-10-25(11-9-21)46-47-45-15-13-28(41)22-6-5-7-24(34)17-22/h5-11,16-19,28,41,47H,4,12-15H2,1-3H3,(H2,35,42)(H,36,37,43). The minimum atomic E-state index is -0.673. The summed E-state index contributed by atoms with van der Waals surface area (Å²) in [4.78, 5) is 30.0. The Morgan fingerprint density at radius 3 is 2.62 bits per heavy atom. The van der Waals surface area contributed by atoms with Crippen LogP contribution in [0.1, 0.15) is 57.1 Å². The SMILES string of the molecule is CCn1nc(C)cc1C(=O)Nc1nc2cc(C(N)=O)cc(OC)c2n1CCc1ccc(OPOCCC(O)c2cccc(Cl)c2)cc1. The Balaban J connectivity index is 1.25. The molecule has 5 rings (SSSR count). The molecule has 0 aliphatic heterocycles. The maximum Gasteiger partial charge on any atom is 0.276 e. The number of ether oxygens (including phenoxy) is 1. The summed E-state index contributed by atoms with van der Waals surface area (Å²) in [6.07, 6.45) is 0.326. The van der Waals surface area contributed by atoms with Crippen molar-refractivity contribution in [1.82, 2.24) is 19.3 Å². The zero-order valence-corrected chi connectivity index (χ0v) is 28.0. The van der Waals surface area contributed by atoms with E-state index in [1.807, 2.05) is 48.7 Å². The molecule has 0 radical (unpaired) electrons. The molecule has 2 aromatic heterocycles. The summed E-state index contributed by atoms with van der Waals surface area (Å²) in [6.45, 7) is 5.03. The summed E-state index contributed by atoms with van der Waals surface area (Å²) in [5, 5.41) is 18.2. The number of amides is 2. The van der Waals surface area contributed by atoms with E-state index in [-0.39, 0.29) is 20.5 Å². The Labute approximate surface area is 278 Å². The summed E-state index contributed by atoms with van der Waals surface area (Å²) in [5.74, 6) is 0.374. The second kappa shape index (κ2) is 15.4. The second-order valence-electron chi connectivity index (χ2n) is 10.7. The molecule has 47 heavy (non-hydrogen) atoms. The molecular formula is C33H36ClN6O6P. The first-order valence-electron chi connectivity index (χ1n) is 15.0. The van der Waals surface area contributed by atoms with Crippen LogP contribution in [0.5, 0.6) is 11.5 Å². The van der Waals surface area contributed by atoms with Crippen LogP contribution in [0.4, 0.5) is 5.95 Å². The van der Waals surface area contributed by atoms with Crippen LogP contribution in [-0.2, 0) is 24.0 Å². The molecule has 3 aromatic carbocycles. The molecule has 2 atom stereocenters. The van der Waals surface area contributed by atoms with Gasteiger partial charge in [0.05, 0.1) is 31.0 Å². The predicted octanol–water partition coefficient (Wildman–Crippen LogP) is 5.84. The van der Waals surface area contributed by atoms with Gasteiger partial charge < -0.3 is 29.2 Å². The zero-order valence-electron chi connectivity index (χ0n) is 26.2. The number of aromatic nitrogens is 4. The highest BCUT2D eigenvalue weighted by molar-refractivity contribution is 7.26. The first-order valence-corrected chi connectivity index (χ1v) is 16.2. The molecule has 246 valence electrons. The summed E-state index contributed by atoms with van der Waals surface area (Å²) >= 11 is 6.00. The van der Waals surface area contributed by atoms with E-state index in [4.69, 9.17) is 31.1 Å². The van der Waals surface area contributed by atoms with Gasteiger partial charge in [0.25, 0.3) is 5.91 Å². The Morgan fingerprint density at radius 2 is 1.91 bits per heavy atom. The topological polar surface area (TPSA) is 156 Å². The van der Waals surface area contributed by atoms with Crippen molar-refractivity contribution in [3.05, 3.63) is 99.8 Å². The van der Waals surface area contributed by atoms with Crippen molar-refractivity contribution < 1.29 is 28.5 Å². The predicted molar refractivity (Wildman–Crippen MR) is 181 cm³/mol. The number of methoxy groups -OCH3 is 1. The summed E-state index contributed by atoms with van der Waals surface area (Å²) in [5.41, 5.74) is 9.76. The van der Waals surface area contributed by atoms with Crippen molar-refractivity contribution in [3.63, 3.8) is 0 Å². The Kier molecular flexibility index (Phi) is 11.1. The number of imidazole rings is 1. The minimum absolute atomic E-state index is 0.231. The number of rotatable bonds is 15. The number of carbonyl (C=O) groups excluding carboxylic acids is 2. The van der Waals surface area contributed by atoms with Gasteiger partial charge in [-0.25, -0.2) is 4.98 Å². The smallest absolute Gasteiger partial charge is 0.276 e. The quantitative estimate of drug-likeness (QED) is 0.0921. The Morgan fingerprint density at radius 1 is 1.13 bits per heavy atom. The van der Waals surface area contributed by atoms with Gasteiger partial charge in [-0.1, -0.05) is 35.9 Å². The van der Waals surface area contributed by atoms with Crippen LogP contribution in [-0.4, -0.2) is 50.0 Å². The number of benzene rings is 3. The third kappa shape index (κ3) is 8.28. The molecule has 0 aliphatic carbocycles. The first-order chi connectivity index (χ1) is 22.7. The third-order valence-electron chi connectivity index (χ3n) is 7.46. The highest BCUT2D eigenvalue weighted by Gasteiger charge is 2.21. The number of aliphatic hydroxyl groups is 1. The van der Waals surface area contributed by atoms with Gasteiger partial charge in [0.1, 0.15) is 22.7 Å². The van der Waals surface area contributed by atoms with E-state index in [1.54, 1.807) is 41.1 Å². The van der Waals surface area contributed by atoms with Gasteiger partial charge in [0.2, 0.25) is 20.9 Å². The lowest BCUT2D eigenvalue weighted by atomic mass is 10.1. The molecule has 14 heteroatoms. The van der Waals surface area contributed by atoms with Crippen molar-refractivity contribution in [2.24, 2.45) is 5.73 Å². The fraction of sp³-hybridized carbons (Fsp3) is 0.273. The van der Waals surface area contributed by atoms with Crippen LogP contribution in [0.25, 0.3) is 11.0 Å². The molecule has 4 N–H and O–H groups in total. The molecule has 0 bridgehead atoms. The molecule has 2 unspecified atom stereocenters. The fourth-order valence-electron chi connectivity index (χ4n) is 5.11. The minimum Gasteiger partial charge on any atom is -0.494 e. The monoisotopic (exact) mass is 678 g/mol. The van der Waals surface area contributed by atoms with Crippen LogP contribution in [0.15, 0.2) is 66.7 Å². The maximum absolute atomic E-state index is 13.3. The number of halogens is 1.